The van der Waals surface area contributed by atoms with Crippen molar-refractivity contribution < 1.29 is 4.74 Å². The summed E-state index contributed by atoms with van der Waals surface area (Å²) in [5.41, 5.74) is 1.33. The average molecular weight is 262 g/mol. The molecule has 1 nitrogen and oxygen atoms in total. The maximum Gasteiger partial charge on any atom is 0.120 e. The molecule has 0 amide bonds. The zero-order chi connectivity index (χ0) is 8.27. The van der Waals surface area contributed by atoms with E-state index in [1.165, 1.54) is 9.13 Å². The van der Waals surface area contributed by atoms with E-state index in [1.807, 2.05) is 6.07 Å². The largest absolute Gasteiger partial charge is 0.497 e. The molecule has 0 aliphatic carbocycles. The Hall–Kier alpha value is -0.250. The second-order valence-electron chi connectivity index (χ2n) is 2.35. The van der Waals surface area contributed by atoms with Crippen molar-refractivity contribution in [2.45, 2.75) is 13.3 Å². The van der Waals surface area contributed by atoms with Crippen molar-refractivity contribution in [2.24, 2.45) is 0 Å². The lowest BCUT2D eigenvalue weighted by Crippen LogP contribution is -1.87. The first kappa shape index (κ1) is 8.84. The Labute approximate surface area is 80.9 Å². The Balaban J connectivity index is 3.02. The average Bonchev–Trinajstić information content (AvgIpc) is 2.03. The van der Waals surface area contributed by atoms with Gasteiger partial charge in [0, 0.05) is 3.57 Å². The summed E-state index contributed by atoms with van der Waals surface area (Å²) >= 11 is 2.30. The molecule has 1 aromatic carbocycles. The third kappa shape index (κ3) is 2.36. The molecule has 0 heterocycles. The van der Waals surface area contributed by atoms with Crippen LogP contribution >= 0.6 is 22.6 Å². The fourth-order valence-corrected chi connectivity index (χ4v) is 1.65. The summed E-state index contributed by atoms with van der Waals surface area (Å²) in [5, 5.41) is 0. The number of hydrogen-bond acceptors (Lipinski definition) is 1. The van der Waals surface area contributed by atoms with Crippen LogP contribution in [-0.2, 0) is 6.42 Å². The highest BCUT2D eigenvalue weighted by Gasteiger charge is 1.96. The van der Waals surface area contributed by atoms with E-state index >= 15 is 0 Å². The lowest BCUT2D eigenvalue weighted by Gasteiger charge is -2.03. The van der Waals surface area contributed by atoms with Crippen LogP contribution in [0.2, 0.25) is 0 Å². The molecule has 2 heteroatoms. The summed E-state index contributed by atoms with van der Waals surface area (Å²) in [6.45, 7) is 2.14. The first-order valence-electron chi connectivity index (χ1n) is 3.59. The summed E-state index contributed by atoms with van der Waals surface area (Å²) in [6.07, 6.45) is 1.06. The Morgan fingerprint density at radius 3 is 2.64 bits per heavy atom. The molecule has 0 atom stereocenters. The minimum atomic E-state index is 0.953. The molecule has 0 aromatic heterocycles. The quantitative estimate of drug-likeness (QED) is 0.744. The number of rotatable bonds is 2. The van der Waals surface area contributed by atoms with Crippen molar-refractivity contribution in [3.63, 3.8) is 0 Å². The molecule has 0 fully saturated rings. The van der Waals surface area contributed by atoms with Gasteiger partial charge in [-0.15, -0.1) is 0 Å². The summed E-state index contributed by atoms with van der Waals surface area (Å²) in [6, 6.07) is 6.27. The minimum absolute atomic E-state index is 0.953. The lowest BCUT2D eigenvalue weighted by molar-refractivity contribution is 0.414. The van der Waals surface area contributed by atoms with Gasteiger partial charge in [0.15, 0.2) is 0 Å². The van der Waals surface area contributed by atoms with Crippen molar-refractivity contribution >= 4 is 22.6 Å². The highest BCUT2D eigenvalue weighted by molar-refractivity contribution is 14.1. The summed E-state index contributed by atoms with van der Waals surface area (Å²) in [4.78, 5) is 0. The summed E-state index contributed by atoms with van der Waals surface area (Å²) in [5.74, 6) is 0.953. The van der Waals surface area contributed by atoms with E-state index in [4.69, 9.17) is 4.74 Å². The van der Waals surface area contributed by atoms with Crippen LogP contribution in [0.25, 0.3) is 0 Å². The van der Waals surface area contributed by atoms with Crippen LogP contribution in [-0.4, -0.2) is 7.11 Å². The maximum atomic E-state index is 5.13. The highest BCUT2D eigenvalue weighted by Crippen LogP contribution is 2.18. The Morgan fingerprint density at radius 1 is 1.36 bits per heavy atom. The number of aryl methyl sites for hydroxylation is 1. The predicted molar refractivity (Wildman–Crippen MR) is 55.1 cm³/mol. The van der Waals surface area contributed by atoms with Crippen LogP contribution in [0.5, 0.6) is 5.75 Å². The van der Waals surface area contributed by atoms with Crippen LogP contribution in [0.3, 0.4) is 0 Å². The third-order valence-corrected chi connectivity index (χ3v) is 2.20. The standard InChI is InChI=1S/C9H11IO/c1-3-7-4-8(10)6-9(5-7)11-2/h4-6H,3H2,1-2H3. The van der Waals surface area contributed by atoms with E-state index in [0.717, 1.165) is 12.2 Å². The number of methoxy groups -OCH3 is 1. The van der Waals surface area contributed by atoms with Gasteiger partial charge >= 0.3 is 0 Å². The second-order valence-corrected chi connectivity index (χ2v) is 3.60. The molecule has 0 radical (unpaired) electrons. The number of ether oxygens (including phenoxy) is 1. The first-order valence-corrected chi connectivity index (χ1v) is 4.67. The van der Waals surface area contributed by atoms with E-state index in [0.29, 0.717) is 0 Å². The molecule has 0 aliphatic rings. The van der Waals surface area contributed by atoms with E-state index < -0.39 is 0 Å². The first-order chi connectivity index (χ1) is 5.26. The van der Waals surface area contributed by atoms with Gasteiger partial charge in [-0.3, -0.25) is 0 Å². The van der Waals surface area contributed by atoms with Gasteiger partial charge < -0.3 is 4.74 Å². The second kappa shape index (κ2) is 3.95. The van der Waals surface area contributed by atoms with E-state index in [-0.39, 0.29) is 0 Å². The zero-order valence-electron chi connectivity index (χ0n) is 6.73. The van der Waals surface area contributed by atoms with Crippen molar-refractivity contribution in [2.75, 3.05) is 7.11 Å². The molecule has 1 rings (SSSR count). The molecular weight excluding hydrogens is 251 g/mol. The van der Waals surface area contributed by atoms with Crippen molar-refractivity contribution in [1.29, 1.82) is 0 Å². The van der Waals surface area contributed by atoms with Gasteiger partial charge in [-0.1, -0.05) is 6.92 Å². The molecule has 0 aliphatic heterocycles. The molecule has 1 aromatic rings. The lowest BCUT2D eigenvalue weighted by atomic mass is 10.2. The Bertz CT molecular complexity index is 223. The number of halogens is 1. The maximum absolute atomic E-state index is 5.13. The Kier molecular flexibility index (Phi) is 3.17. The van der Waals surface area contributed by atoms with Crippen LogP contribution in [0.1, 0.15) is 12.5 Å². The van der Waals surface area contributed by atoms with Gasteiger partial charge in [0.1, 0.15) is 5.75 Å². The number of hydrogen-bond donors (Lipinski definition) is 0. The van der Waals surface area contributed by atoms with E-state index in [2.05, 4.69) is 41.6 Å². The zero-order valence-corrected chi connectivity index (χ0v) is 8.88. The fraction of sp³-hybridized carbons (Fsp3) is 0.333. The van der Waals surface area contributed by atoms with E-state index in [1.54, 1.807) is 7.11 Å². The van der Waals surface area contributed by atoms with Gasteiger partial charge in [0.05, 0.1) is 7.11 Å². The summed E-state index contributed by atoms with van der Waals surface area (Å²) < 4.78 is 6.37. The van der Waals surface area contributed by atoms with E-state index in [9.17, 15) is 0 Å². The molecule has 0 spiro atoms. The van der Waals surface area contributed by atoms with Gasteiger partial charge in [-0.25, -0.2) is 0 Å². The monoisotopic (exact) mass is 262 g/mol. The van der Waals surface area contributed by atoms with Crippen LogP contribution < -0.4 is 4.74 Å². The highest BCUT2D eigenvalue weighted by atomic mass is 127. The molecule has 11 heavy (non-hydrogen) atoms. The van der Waals surface area contributed by atoms with Crippen molar-refractivity contribution in [3.8, 4) is 5.75 Å². The van der Waals surface area contributed by atoms with Gasteiger partial charge in [0.25, 0.3) is 0 Å². The third-order valence-electron chi connectivity index (χ3n) is 1.58. The molecule has 0 saturated heterocycles. The van der Waals surface area contributed by atoms with Crippen LogP contribution in [0.15, 0.2) is 18.2 Å². The Morgan fingerprint density at radius 2 is 2.09 bits per heavy atom. The fourth-order valence-electron chi connectivity index (χ4n) is 0.943. The summed E-state index contributed by atoms with van der Waals surface area (Å²) in [7, 11) is 1.70. The molecule has 0 unspecified atom stereocenters. The topological polar surface area (TPSA) is 9.23 Å². The normalized spacial score (nSPS) is 9.73. The predicted octanol–water partition coefficient (Wildman–Crippen LogP) is 2.86. The van der Waals surface area contributed by atoms with Crippen LogP contribution in [0, 0.1) is 3.57 Å². The molecule has 60 valence electrons. The SMILES string of the molecule is CCc1cc(I)cc(OC)c1. The molecule has 0 N–H and O–H groups in total. The minimum Gasteiger partial charge on any atom is -0.497 e. The number of benzene rings is 1. The van der Waals surface area contributed by atoms with Gasteiger partial charge in [-0.05, 0) is 52.8 Å². The van der Waals surface area contributed by atoms with Crippen molar-refractivity contribution in [1.82, 2.24) is 0 Å². The van der Waals surface area contributed by atoms with Gasteiger partial charge in [-0.2, -0.15) is 0 Å². The van der Waals surface area contributed by atoms with Gasteiger partial charge in [0.2, 0.25) is 0 Å². The van der Waals surface area contributed by atoms with Crippen LogP contribution in [0.4, 0.5) is 0 Å². The molecular formula is C9H11IO. The smallest absolute Gasteiger partial charge is 0.120 e. The molecule has 0 bridgehead atoms. The molecule has 0 saturated carbocycles. The van der Waals surface area contributed by atoms with Crippen molar-refractivity contribution in [3.05, 3.63) is 27.3 Å².